The lowest BCUT2D eigenvalue weighted by Crippen LogP contribution is -2.40. The molecular weight excluding hydrogens is 282 g/mol. The number of ether oxygens (including phenoxy) is 1. The average molecular weight is 307 g/mol. The first-order chi connectivity index (χ1) is 10.5. The molecule has 0 radical (unpaired) electrons. The van der Waals surface area contributed by atoms with Gasteiger partial charge in [-0.05, 0) is 26.2 Å². The van der Waals surface area contributed by atoms with Crippen molar-refractivity contribution in [3.8, 4) is 5.75 Å². The number of methoxy groups -OCH3 is 1. The Balaban J connectivity index is 2.50. The number of likely N-dealkylation sites (N-methyl/N-ethyl adjacent to an activating group) is 1. The van der Waals surface area contributed by atoms with Crippen LogP contribution in [0.4, 0.5) is 0 Å². The molecule has 0 aliphatic carbocycles. The molecule has 1 aromatic rings. The van der Waals surface area contributed by atoms with E-state index in [4.69, 9.17) is 4.74 Å². The van der Waals surface area contributed by atoms with Crippen molar-refractivity contribution in [2.75, 3.05) is 47.4 Å². The number of hydrogen-bond acceptors (Lipinski definition) is 4. The van der Waals surface area contributed by atoms with Gasteiger partial charge in [0.25, 0.3) is 5.91 Å². The standard InChI is InChI=1S/C16H25N3O3/c1-13(20)19(12-11-18(2)3)10-9-17-16(21)14-7-5-6-8-15(14)22-4/h5-8H,9-12H2,1-4H3,(H,17,21). The van der Waals surface area contributed by atoms with Gasteiger partial charge in [-0.15, -0.1) is 0 Å². The van der Waals surface area contributed by atoms with E-state index >= 15 is 0 Å². The van der Waals surface area contributed by atoms with Gasteiger partial charge in [-0.25, -0.2) is 0 Å². The predicted molar refractivity (Wildman–Crippen MR) is 86.1 cm³/mol. The van der Waals surface area contributed by atoms with Gasteiger partial charge in [0, 0.05) is 33.1 Å². The van der Waals surface area contributed by atoms with Gasteiger partial charge in [0.05, 0.1) is 12.7 Å². The van der Waals surface area contributed by atoms with E-state index in [1.807, 2.05) is 25.1 Å². The molecule has 0 aromatic heterocycles. The summed E-state index contributed by atoms with van der Waals surface area (Å²) in [5.41, 5.74) is 0.493. The number of carbonyl (C=O) groups excluding carboxylic acids is 2. The van der Waals surface area contributed by atoms with Crippen LogP contribution in [-0.4, -0.2) is 69.0 Å². The molecule has 0 atom stereocenters. The second kappa shape index (κ2) is 9.04. The number of carbonyl (C=O) groups is 2. The Bertz CT molecular complexity index is 503. The zero-order chi connectivity index (χ0) is 16.5. The lowest BCUT2D eigenvalue weighted by molar-refractivity contribution is -0.128. The van der Waals surface area contributed by atoms with Crippen LogP contribution in [0.25, 0.3) is 0 Å². The van der Waals surface area contributed by atoms with Gasteiger partial charge < -0.3 is 19.9 Å². The van der Waals surface area contributed by atoms with Crippen LogP contribution >= 0.6 is 0 Å². The maximum absolute atomic E-state index is 12.1. The van der Waals surface area contributed by atoms with E-state index in [1.165, 1.54) is 14.0 Å². The molecule has 122 valence electrons. The monoisotopic (exact) mass is 307 g/mol. The molecule has 1 rings (SSSR count). The molecule has 0 bridgehead atoms. The van der Waals surface area contributed by atoms with Crippen molar-refractivity contribution in [1.82, 2.24) is 15.1 Å². The van der Waals surface area contributed by atoms with Gasteiger partial charge in [0.15, 0.2) is 0 Å². The molecule has 6 nitrogen and oxygen atoms in total. The molecule has 0 heterocycles. The van der Waals surface area contributed by atoms with E-state index in [-0.39, 0.29) is 11.8 Å². The SMILES string of the molecule is COc1ccccc1C(=O)NCCN(CCN(C)C)C(C)=O. The topological polar surface area (TPSA) is 61.9 Å². The summed E-state index contributed by atoms with van der Waals surface area (Å²) in [6, 6.07) is 7.06. The Morgan fingerprint density at radius 2 is 1.82 bits per heavy atom. The highest BCUT2D eigenvalue weighted by atomic mass is 16.5. The zero-order valence-corrected chi connectivity index (χ0v) is 13.8. The fourth-order valence-electron chi connectivity index (χ4n) is 1.98. The summed E-state index contributed by atoms with van der Waals surface area (Å²) in [6.45, 7) is 3.87. The maximum Gasteiger partial charge on any atom is 0.255 e. The Morgan fingerprint density at radius 1 is 1.14 bits per heavy atom. The van der Waals surface area contributed by atoms with E-state index in [9.17, 15) is 9.59 Å². The molecule has 6 heteroatoms. The third kappa shape index (κ3) is 5.73. The van der Waals surface area contributed by atoms with Crippen molar-refractivity contribution in [3.05, 3.63) is 29.8 Å². The summed E-state index contributed by atoms with van der Waals surface area (Å²) >= 11 is 0. The minimum atomic E-state index is -0.200. The van der Waals surface area contributed by atoms with Crippen molar-refractivity contribution >= 4 is 11.8 Å². The normalized spacial score (nSPS) is 10.4. The molecule has 1 aromatic carbocycles. The summed E-state index contributed by atoms with van der Waals surface area (Å²) in [6.07, 6.45) is 0. The first-order valence-corrected chi connectivity index (χ1v) is 7.27. The van der Waals surface area contributed by atoms with Crippen molar-refractivity contribution in [1.29, 1.82) is 0 Å². The van der Waals surface area contributed by atoms with Crippen LogP contribution in [0.2, 0.25) is 0 Å². The highest BCUT2D eigenvalue weighted by Crippen LogP contribution is 2.16. The molecule has 0 aliphatic heterocycles. The molecule has 0 spiro atoms. The summed E-state index contributed by atoms with van der Waals surface area (Å²) in [4.78, 5) is 27.5. The second-order valence-corrected chi connectivity index (χ2v) is 5.27. The zero-order valence-electron chi connectivity index (χ0n) is 13.8. The van der Waals surface area contributed by atoms with Crippen molar-refractivity contribution in [3.63, 3.8) is 0 Å². The smallest absolute Gasteiger partial charge is 0.255 e. The predicted octanol–water partition coefficient (Wildman–Crippen LogP) is 0.835. The second-order valence-electron chi connectivity index (χ2n) is 5.27. The van der Waals surface area contributed by atoms with E-state index in [2.05, 4.69) is 5.32 Å². The van der Waals surface area contributed by atoms with E-state index in [0.29, 0.717) is 30.9 Å². The Morgan fingerprint density at radius 3 is 2.41 bits per heavy atom. The number of nitrogens with zero attached hydrogens (tertiary/aromatic N) is 2. The number of para-hydroxylation sites is 1. The highest BCUT2D eigenvalue weighted by Gasteiger charge is 2.12. The molecule has 1 N–H and O–H groups in total. The number of benzene rings is 1. The molecule has 0 saturated heterocycles. The Kier molecular flexibility index (Phi) is 7.39. The van der Waals surface area contributed by atoms with Gasteiger partial charge in [-0.1, -0.05) is 12.1 Å². The van der Waals surface area contributed by atoms with Crippen molar-refractivity contribution in [2.45, 2.75) is 6.92 Å². The van der Waals surface area contributed by atoms with Gasteiger partial charge in [0.2, 0.25) is 5.91 Å². The lowest BCUT2D eigenvalue weighted by Gasteiger charge is -2.23. The summed E-state index contributed by atoms with van der Waals surface area (Å²) in [7, 11) is 5.45. The molecule has 0 fully saturated rings. The van der Waals surface area contributed by atoms with Gasteiger partial charge in [0.1, 0.15) is 5.75 Å². The Hall–Kier alpha value is -2.08. The third-order valence-corrected chi connectivity index (χ3v) is 3.28. The Labute approximate surface area is 132 Å². The minimum absolute atomic E-state index is 0.00777. The quantitative estimate of drug-likeness (QED) is 0.773. The number of nitrogens with one attached hydrogen (secondary N) is 1. The molecule has 0 unspecified atom stereocenters. The average Bonchev–Trinajstić information content (AvgIpc) is 2.49. The first-order valence-electron chi connectivity index (χ1n) is 7.27. The van der Waals surface area contributed by atoms with Crippen LogP contribution in [0.1, 0.15) is 17.3 Å². The molecule has 22 heavy (non-hydrogen) atoms. The fourth-order valence-corrected chi connectivity index (χ4v) is 1.98. The van der Waals surface area contributed by atoms with Crippen LogP contribution in [0.5, 0.6) is 5.75 Å². The number of hydrogen-bond donors (Lipinski definition) is 1. The van der Waals surface area contributed by atoms with E-state index in [1.54, 1.807) is 23.1 Å². The number of rotatable bonds is 8. The van der Waals surface area contributed by atoms with E-state index in [0.717, 1.165) is 6.54 Å². The lowest BCUT2D eigenvalue weighted by atomic mass is 10.2. The largest absolute Gasteiger partial charge is 0.496 e. The fraction of sp³-hybridized carbons (Fsp3) is 0.500. The van der Waals surface area contributed by atoms with Crippen LogP contribution < -0.4 is 10.1 Å². The first kappa shape index (κ1) is 18.0. The van der Waals surface area contributed by atoms with Crippen molar-refractivity contribution < 1.29 is 14.3 Å². The van der Waals surface area contributed by atoms with Crippen LogP contribution in [0.3, 0.4) is 0 Å². The van der Waals surface area contributed by atoms with Gasteiger partial charge in [-0.2, -0.15) is 0 Å². The molecule has 0 aliphatic rings. The molecular formula is C16H25N3O3. The summed E-state index contributed by atoms with van der Waals surface area (Å²) in [5, 5.41) is 2.82. The van der Waals surface area contributed by atoms with Crippen LogP contribution in [0.15, 0.2) is 24.3 Å². The maximum atomic E-state index is 12.1. The van der Waals surface area contributed by atoms with Crippen molar-refractivity contribution in [2.24, 2.45) is 0 Å². The van der Waals surface area contributed by atoms with Gasteiger partial charge >= 0.3 is 0 Å². The van der Waals surface area contributed by atoms with Crippen LogP contribution in [0, 0.1) is 0 Å². The minimum Gasteiger partial charge on any atom is -0.496 e. The van der Waals surface area contributed by atoms with Crippen LogP contribution in [-0.2, 0) is 4.79 Å². The van der Waals surface area contributed by atoms with E-state index < -0.39 is 0 Å². The summed E-state index contributed by atoms with van der Waals surface area (Å²) in [5.74, 6) is 0.345. The highest BCUT2D eigenvalue weighted by molar-refractivity contribution is 5.96. The van der Waals surface area contributed by atoms with Gasteiger partial charge in [-0.3, -0.25) is 9.59 Å². The third-order valence-electron chi connectivity index (χ3n) is 3.28. The molecule has 2 amide bonds. The molecule has 0 saturated carbocycles. The summed E-state index contributed by atoms with van der Waals surface area (Å²) < 4.78 is 5.17. The number of amides is 2.